The van der Waals surface area contributed by atoms with Crippen molar-refractivity contribution in [3.8, 4) is 0 Å². The molecular weight excluding hydrogens is 191 g/mol. The molecule has 2 nitrogen and oxygen atoms in total. The SMILES string of the molecule is [CH2-]COCCN(C)C.[Y]. The van der Waals surface area contributed by atoms with Crippen LogP contribution in [-0.2, 0) is 37.4 Å². The molecule has 0 saturated carbocycles. The van der Waals surface area contributed by atoms with Gasteiger partial charge < -0.3 is 16.6 Å². The van der Waals surface area contributed by atoms with Crippen LogP contribution in [0.25, 0.3) is 0 Å². The van der Waals surface area contributed by atoms with Gasteiger partial charge in [-0.3, -0.25) is 0 Å². The summed E-state index contributed by atoms with van der Waals surface area (Å²) in [6, 6.07) is 0. The van der Waals surface area contributed by atoms with Gasteiger partial charge >= 0.3 is 0 Å². The minimum Gasteiger partial charge on any atom is -0.412 e. The van der Waals surface area contributed by atoms with Gasteiger partial charge in [-0.15, -0.1) is 0 Å². The zero-order chi connectivity index (χ0) is 6.41. The molecule has 0 unspecified atom stereocenters. The van der Waals surface area contributed by atoms with Crippen LogP contribution in [0.3, 0.4) is 0 Å². The molecule has 0 aliphatic heterocycles. The molecular formula is C6H14NOY-. The molecule has 0 rings (SSSR count). The first-order valence-electron chi connectivity index (χ1n) is 2.79. The predicted octanol–water partition coefficient (Wildman–Crippen LogP) is 0.396. The molecule has 0 saturated heterocycles. The Balaban J connectivity index is 0. The fourth-order valence-electron chi connectivity index (χ4n) is 0.349. The number of hydrogen-bond donors (Lipinski definition) is 0. The van der Waals surface area contributed by atoms with Crippen LogP contribution in [-0.4, -0.2) is 38.8 Å². The molecule has 1 radical (unpaired) electrons. The summed E-state index contributed by atoms with van der Waals surface area (Å²) in [5.41, 5.74) is 0. The Hall–Kier alpha value is 1.02. The normalized spacial score (nSPS) is 9.33. The van der Waals surface area contributed by atoms with Gasteiger partial charge in [0, 0.05) is 39.3 Å². The Labute approximate surface area is 82.8 Å². The van der Waals surface area contributed by atoms with E-state index in [0.29, 0.717) is 6.61 Å². The number of ether oxygens (including phenoxy) is 1. The maximum absolute atomic E-state index is 4.99. The molecule has 0 spiro atoms. The van der Waals surface area contributed by atoms with Crippen molar-refractivity contribution in [1.82, 2.24) is 4.90 Å². The van der Waals surface area contributed by atoms with Crippen molar-refractivity contribution in [3.63, 3.8) is 0 Å². The van der Waals surface area contributed by atoms with E-state index in [1.807, 2.05) is 14.1 Å². The smallest absolute Gasteiger partial charge is 0.0557 e. The van der Waals surface area contributed by atoms with Crippen molar-refractivity contribution in [3.05, 3.63) is 6.92 Å². The summed E-state index contributed by atoms with van der Waals surface area (Å²) in [7, 11) is 4.04. The summed E-state index contributed by atoms with van der Waals surface area (Å²) in [6.45, 7) is 5.89. The minimum atomic E-state index is 0. The Bertz CT molecular complexity index is 50.3. The fraction of sp³-hybridized carbons (Fsp3) is 0.833. The number of rotatable bonds is 4. The van der Waals surface area contributed by atoms with Crippen LogP contribution in [0.2, 0.25) is 0 Å². The molecule has 0 heterocycles. The maximum atomic E-state index is 4.99. The van der Waals surface area contributed by atoms with Gasteiger partial charge in [0.25, 0.3) is 0 Å². The molecule has 53 valence electrons. The van der Waals surface area contributed by atoms with E-state index >= 15 is 0 Å². The zero-order valence-corrected chi connectivity index (χ0v) is 9.10. The van der Waals surface area contributed by atoms with Crippen molar-refractivity contribution < 1.29 is 37.4 Å². The van der Waals surface area contributed by atoms with Crippen LogP contribution in [0.15, 0.2) is 0 Å². The van der Waals surface area contributed by atoms with Crippen molar-refractivity contribution in [1.29, 1.82) is 0 Å². The Morgan fingerprint density at radius 3 is 2.33 bits per heavy atom. The first kappa shape index (κ1) is 12.7. The summed E-state index contributed by atoms with van der Waals surface area (Å²) in [5.74, 6) is 0. The van der Waals surface area contributed by atoms with Gasteiger partial charge in [0.2, 0.25) is 0 Å². The van der Waals surface area contributed by atoms with Crippen LogP contribution in [0.5, 0.6) is 0 Å². The van der Waals surface area contributed by atoms with Gasteiger partial charge in [0.15, 0.2) is 0 Å². The molecule has 0 bridgehead atoms. The van der Waals surface area contributed by atoms with Crippen LogP contribution in [0.1, 0.15) is 0 Å². The van der Waals surface area contributed by atoms with Crippen LogP contribution in [0.4, 0.5) is 0 Å². The molecule has 3 heteroatoms. The quantitative estimate of drug-likeness (QED) is 0.486. The van der Waals surface area contributed by atoms with E-state index in [1.165, 1.54) is 0 Å². The molecule has 0 aromatic rings. The maximum Gasteiger partial charge on any atom is 0.0557 e. The van der Waals surface area contributed by atoms with E-state index in [1.54, 1.807) is 0 Å². The molecule has 0 N–H and O–H groups in total. The first-order chi connectivity index (χ1) is 3.77. The topological polar surface area (TPSA) is 12.5 Å². The van der Waals surface area contributed by atoms with Crippen molar-refractivity contribution in [2.45, 2.75) is 0 Å². The minimum absolute atomic E-state index is 0. The summed E-state index contributed by atoms with van der Waals surface area (Å²) in [5, 5.41) is 0. The van der Waals surface area contributed by atoms with E-state index < -0.39 is 0 Å². The summed E-state index contributed by atoms with van der Waals surface area (Å²) < 4.78 is 4.99. The number of hydrogen-bond acceptors (Lipinski definition) is 2. The molecule has 0 aromatic heterocycles. The van der Waals surface area contributed by atoms with E-state index in [2.05, 4.69) is 11.8 Å². The van der Waals surface area contributed by atoms with E-state index in [9.17, 15) is 0 Å². The van der Waals surface area contributed by atoms with E-state index in [0.717, 1.165) is 13.2 Å². The Morgan fingerprint density at radius 1 is 1.44 bits per heavy atom. The second kappa shape index (κ2) is 9.02. The van der Waals surface area contributed by atoms with Crippen molar-refractivity contribution in [2.24, 2.45) is 0 Å². The molecule has 0 aliphatic carbocycles. The van der Waals surface area contributed by atoms with E-state index in [4.69, 9.17) is 4.74 Å². The third kappa shape index (κ3) is 12.3. The average molecular weight is 205 g/mol. The van der Waals surface area contributed by atoms with Gasteiger partial charge in [0.05, 0.1) is 6.61 Å². The molecule has 9 heavy (non-hydrogen) atoms. The van der Waals surface area contributed by atoms with Crippen LogP contribution >= 0.6 is 0 Å². The van der Waals surface area contributed by atoms with Crippen molar-refractivity contribution in [2.75, 3.05) is 33.9 Å². The molecule has 0 fully saturated rings. The fourth-order valence-corrected chi connectivity index (χ4v) is 0.349. The summed E-state index contributed by atoms with van der Waals surface area (Å²) in [6.07, 6.45) is 0. The predicted molar refractivity (Wildman–Crippen MR) is 34.7 cm³/mol. The summed E-state index contributed by atoms with van der Waals surface area (Å²) >= 11 is 0. The third-order valence-electron chi connectivity index (χ3n) is 0.827. The van der Waals surface area contributed by atoms with Gasteiger partial charge in [-0.1, -0.05) is 6.61 Å². The van der Waals surface area contributed by atoms with Crippen LogP contribution in [0, 0.1) is 6.92 Å². The third-order valence-corrected chi connectivity index (χ3v) is 0.827. The van der Waals surface area contributed by atoms with Gasteiger partial charge in [-0.25, -0.2) is 0 Å². The first-order valence-corrected chi connectivity index (χ1v) is 2.79. The molecule has 0 atom stereocenters. The number of likely N-dealkylation sites (N-methyl/N-ethyl adjacent to an activating group) is 1. The van der Waals surface area contributed by atoms with Crippen molar-refractivity contribution >= 4 is 0 Å². The summed E-state index contributed by atoms with van der Waals surface area (Å²) in [4.78, 5) is 2.08. The van der Waals surface area contributed by atoms with Gasteiger partial charge in [0.1, 0.15) is 0 Å². The van der Waals surface area contributed by atoms with E-state index in [-0.39, 0.29) is 32.7 Å². The Morgan fingerprint density at radius 2 is 2.00 bits per heavy atom. The largest absolute Gasteiger partial charge is 0.412 e. The van der Waals surface area contributed by atoms with Gasteiger partial charge in [-0.2, -0.15) is 0 Å². The number of nitrogens with zero attached hydrogens (tertiary/aromatic N) is 1. The standard InChI is InChI=1S/C6H14NO.Y/c1-4-8-6-5-7(2)3;/h1,4-6H2,2-3H3;/q-1;. The zero-order valence-electron chi connectivity index (χ0n) is 6.26. The second-order valence-corrected chi connectivity index (χ2v) is 1.92. The molecule has 0 amide bonds. The second-order valence-electron chi connectivity index (χ2n) is 1.92. The Kier molecular flexibility index (Phi) is 12.7. The molecule has 0 aromatic carbocycles. The average Bonchev–Trinajstić information content (AvgIpc) is 1.66. The molecule has 0 aliphatic rings. The van der Waals surface area contributed by atoms with Crippen LogP contribution < -0.4 is 0 Å². The van der Waals surface area contributed by atoms with Gasteiger partial charge in [-0.05, 0) is 14.1 Å². The monoisotopic (exact) mass is 205 g/mol.